The molecule has 0 aromatic heterocycles. The number of nitro benzene ring substituents is 1. The summed E-state index contributed by atoms with van der Waals surface area (Å²) in [5, 5.41) is 11.2. The molecule has 1 fully saturated rings. The van der Waals surface area contributed by atoms with Crippen molar-refractivity contribution in [2.45, 2.75) is 0 Å². The number of nitrogens with zero attached hydrogens (tertiary/aromatic N) is 3. The van der Waals surface area contributed by atoms with Gasteiger partial charge in [0.15, 0.2) is 5.75 Å². The highest BCUT2D eigenvalue weighted by molar-refractivity contribution is 6.33. The highest BCUT2D eigenvalue weighted by atomic mass is 35.5. The standard InChI is InChI=1S/C19H17ClFN3O5/c1-29-17-5-2-12(10-16(17)24(27)28)18(25)22-6-8-23(9-7-22)19(26)14-4-3-13(21)11-15(14)20/h2-5,10-11H,6-9H2,1H3. The van der Waals surface area contributed by atoms with Gasteiger partial charge in [-0.15, -0.1) is 0 Å². The third-order valence-corrected chi connectivity index (χ3v) is 4.95. The quantitative estimate of drug-likeness (QED) is 0.559. The molecule has 8 nitrogen and oxygen atoms in total. The lowest BCUT2D eigenvalue weighted by atomic mass is 10.1. The van der Waals surface area contributed by atoms with E-state index in [0.29, 0.717) is 0 Å². The number of benzene rings is 2. The van der Waals surface area contributed by atoms with Gasteiger partial charge in [0, 0.05) is 37.8 Å². The minimum Gasteiger partial charge on any atom is -0.490 e. The van der Waals surface area contributed by atoms with Crippen LogP contribution in [0.4, 0.5) is 10.1 Å². The molecular weight excluding hydrogens is 405 g/mol. The average Bonchev–Trinajstić information content (AvgIpc) is 2.72. The Balaban J connectivity index is 1.69. The lowest BCUT2D eigenvalue weighted by Gasteiger charge is -2.35. The van der Waals surface area contributed by atoms with Gasteiger partial charge in [0.1, 0.15) is 5.82 Å². The number of hydrogen-bond donors (Lipinski definition) is 0. The van der Waals surface area contributed by atoms with E-state index < -0.39 is 10.7 Å². The van der Waals surface area contributed by atoms with Crippen LogP contribution >= 0.6 is 11.6 Å². The number of piperazine rings is 1. The van der Waals surface area contributed by atoms with Gasteiger partial charge in [-0.3, -0.25) is 19.7 Å². The maximum absolute atomic E-state index is 13.2. The average molecular weight is 422 g/mol. The van der Waals surface area contributed by atoms with E-state index in [1.807, 2.05) is 0 Å². The van der Waals surface area contributed by atoms with Crippen molar-refractivity contribution in [3.05, 3.63) is 68.5 Å². The number of ether oxygens (including phenoxy) is 1. The summed E-state index contributed by atoms with van der Waals surface area (Å²) in [4.78, 5) is 38.9. The van der Waals surface area contributed by atoms with Crippen LogP contribution < -0.4 is 4.74 Å². The summed E-state index contributed by atoms with van der Waals surface area (Å²) in [6.45, 7) is 1.03. The van der Waals surface area contributed by atoms with E-state index in [2.05, 4.69) is 0 Å². The van der Waals surface area contributed by atoms with Gasteiger partial charge in [0.25, 0.3) is 11.8 Å². The zero-order valence-corrected chi connectivity index (χ0v) is 16.2. The molecule has 0 aliphatic carbocycles. The third kappa shape index (κ3) is 4.29. The molecule has 2 amide bonds. The van der Waals surface area contributed by atoms with Crippen LogP contribution in [0, 0.1) is 15.9 Å². The molecule has 0 saturated carbocycles. The fraction of sp³-hybridized carbons (Fsp3) is 0.263. The lowest BCUT2D eigenvalue weighted by Crippen LogP contribution is -2.50. The molecule has 0 atom stereocenters. The normalized spacial score (nSPS) is 13.9. The maximum Gasteiger partial charge on any atom is 0.311 e. The van der Waals surface area contributed by atoms with Gasteiger partial charge >= 0.3 is 5.69 Å². The number of nitro groups is 1. The summed E-state index contributed by atoms with van der Waals surface area (Å²) in [6, 6.07) is 7.58. The molecule has 1 saturated heterocycles. The Morgan fingerprint density at radius 1 is 1.07 bits per heavy atom. The first-order chi connectivity index (χ1) is 13.8. The Bertz CT molecular complexity index is 976. The van der Waals surface area contributed by atoms with Crippen molar-refractivity contribution in [1.82, 2.24) is 9.80 Å². The molecule has 2 aromatic carbocycles. The first-order valence-corrected chi connectivity index (χ1v) is 9.05. The fourth-order valence-electron chi connectivity index (χ4n) is 3.09. The van der Waals surface area contributed by atoms with Crippen LogP contribution in [0.25, 0.3) is 0 Å². The largest absolute Gasteiger partial charge is 0.490 e. The van der Waals surface area contributed by atoms with Gasteiger partial charge < -0.3 is 14.5 Å². The minimum absolute atomic E-state index is 0.0269. The van der Waals surface area contributed by atoms with E-state index in [4.69, 9.17) is 16.3 Å². The van der Waals surface area contributed by atoms with Crippen molar-refractivity contribution in [3.8, 4) is 5.75 Å². The molecule has 10 heteroatoms. The van der Waals surface area contributed by atoms with Gasteiger partial charge in [-0.1, -0.05) is 11.6 Å². The second-order valence-corrected chi connectivity index (χ2v) is 6.76. The van der Waals surface area contributed by atoms with Crippen LogP contribution in [-0.2, 0) is 0 Å². The summed E-state index contributed by atoms with van der Waals surface area (Å²) in [6.07, 6.45) is 0. The Hall–Kier alpha value is -3.20. The highest BCUT2D eigenvalue weighted by Crippen LogP contribution is 2.28. The Morgan fingerprint density at radius 3 is 2.24 bits per heavy atom. The zero-order chi connectivity index (χ0) is 21.1. The predicted molar refractivity (Wildman–Crippen MR) is 103 cm³/mol. The monoisotopic (exact) mass is 421 g/mol. The molecule has 0 spiro atoms. The summed E-state index contributed by atoms with van der Waals surface area (Å²) >= 11 is 5.95. The molecule has 29 heavy (non-hydrogen) atoms. The van der Waals surface area contributed by atoms with Crippen LogP contribution in [-0.4, -0.2) is 59.8 Å². The molecule has 0 N–H and O–H groups in total. The van der Waals surface area contributed by atoms with Gasteiger partial charge in [-0.05, 0) is 30.3 Å². The third-order valence-electron chi connectivity index (χ3n) is 4.64. The van der Waals surface area contributed by atoms with Crippen molar-refractivity contribution >= 4 is 29.1 Å². The van der Waals surface area contributed by atoms with Crippen LogP contribution in [0.2, 0.25) is 5.02 Å². The first-order valence-electron chi connectivity index (χ1n) is 8.68. The Kier molecular flexibility index (Phi) is 5.97. The van der Waals surface area contributed by atoms with Gasteiger partial charge in [0.05, 0.1) is 22.6 Å². The highest BCUT2D eigenvalue weighted by Gasteiger charge is 2.28. The number of hydrogen-bond acceptors (Lipinski definition) is 5. The number of methoxy groups -OCH3 is 1. The van der Waals surface area contributed by atoms with Crippen molar-refractivity contribution in [2.24, 2.45) is 0 Å². The summed E-state index contributed by atoms with van der Waals surface area (Å²) < 4.78 is 18.1. The summed E-state index contributed by atoms with van der Waals surface area (Å²) in [7, 11) is 1.31. The van der Waals surface area contributed by atoms with Gasteiger partial charge in [-0.25, -0.2) is 4.39 Å². The molecule has 0 unspecified atom stereocenters. The summed E-state index contributed by atoms with van der Waals surface area (Å²) in [5.74, 6) is -1.18. The molecule has 1 aliphatic heterocycles. The molecule has 3 rings (SSSR count). The lowest BCUT2D eigenvalue weighted by molar-refractivity contribution is -0.385. The number of amides is 2. The van der Waals surface area contributed by atoms with Crippen molar-refractivity contribution in [2.75, 3.05) is 33.3 Å². The predicted octanol–water partition coefficient (Wildman–Crippen LogP) is 2.99. The van der Waals surface area contributed by atoms with E-state index in [-0.39, 0.29) is 65.6 Å². The smallest absolute Gasteiger partial charge is 0.311 e. The maximum atomic E-state index is 13.2. The van der Waals surface area contributed by atoms with E-state index in [1.54, 1.807) is 0 Å². The van der Waals surface area contributed by atoms with Crippen molar-refractivity contribution in [3.63, 3.8) is 0 Å². The molecular formula is C19H17ClFN3O5. The Morgan fingerprint density at radius 2 is 1.69 bits per heavy atom. The molecule has 1 heterocycles. The van der Waals surface area contributed by atoms with Crippen LogP contribution in [0.3, 0.4) is 0 Å². The SMILES string of the molecule is COc1ccc(C(=O)N2CCN(C(=O)c3ccc(F)cc3Cl)CC2)cc1[N+](=O)[O-]. The van der Waals surface area contributed by atoms with Crippen molar-refractivity contribution < 1.29 is 23.6 Å². The molecule has 0 bridgehead atoms. The second kappa shape index (κ2) is 8.44. The van der Waals surface area contributed by atoms with Crippen molar-refractivity contribution in [1.29, 1.82) is 0 Å². The zero-order valence-electron chi connectivity index (χ0n) is 15.4. The van der Waals surface area contributed by atoms with E-state index >= 15 is 0 Å². The minimum atomic E-state index is -0.612. The number of carbonyl (C=O) groups is 2. The van der Waals surface area contributed by atoms with Crippen LogP contribution in [0.15, 0.2) is 36.4 Å². The second-order valence-electron chi connectivity index (χ2n) is 6.35. The van der Waals surface area contributed by atoms with Crippen LogP contribution in [0.5, 0.6) is 5.75 Å². The molecule has 1 aliphatic rings. The summed E-state index contributed by atoms with van der Waals surface area (Å²) in [5.41, 5.74) is 0.0654. The number of carbonyl (C=O) groups excluding carboxylic acids is 2. The van der Waals surface area contributed by atoms with Gasteiger partial charge in [0.2, 0.25) is 0 Å². The fourth-order valence-corrected chi connectivity index (χ4v) is 3.34. The molecule has 0 radical (unpaired) electrons. The number of rotatable bonds is 4. The van der Waals surface area contributed by atoms with E-state index in [9.17, 15) is 24.1 Å². The van der Waals surface area contributed by atoms with Crippen LogP contribution in [0.1, 0.15) is 20.7 Å². The van der Waals surface area contributed by atoms with E-state index in [1.165, 1.54) is 41.2 Å². The first kappa shape index (κ1) is 20.5. The topological polar surface area (TPSA) is 93.0 Å². The molecule has 152 valence electrons. The molecule has 2 aromatic rings. The van der Waals surface area contributed by atoms with Gasteiger partial charge in [-0.2, -0.15) is 0 Å². The Labute approximate surface area is 170 Å². The van der Waals surface area contributed by atoms with E-state index in [0.717, 1.165) is 12.1 Å². The number of halogens is 2.